The first-order valence-electron chi connectivity index (χ1n) is 6.45. The molecule has 0 saturated heterocycles. The monoisotopic (exact) mass is 362 g/mol. The molecule has 0 bridgehead atoms. The van der Waals surface area contributed by atoms with Crippen LogP contribution < -0.4 is 14.9 Å². The van der Waals surface area contributed by atoms with Gasteiger partial charge in [0, 0.05) is 15.6 Å². The minimum Gasteiger partial charge on any atom is -0.497 e. The number of nitrogens with one attached hydrogen (secondary N) is 1. The third-order valence-electron chi connectivity index (χ3n) is 2.89. The average Bonchev–Trinajstić information content (AvgIpc) is 2.54. The first-order valence-corrected chi connectivity index (χ1v) is 7.24. The Balaban J connectivity index is 2.10. The van der Waals surface area contributed by atoms with Gasteiger partial charge in [0.25, 0.3) is 5.91 Å². The van der Waals surface area contributed by atoms with E-state index in [0.717, 1.165) is 4.47 Å². The zero-order chi connectivity index (χ0) is 15.9. The van der Waals surface area contributed by atoms with Gasteiger partial charge >= 0.3 is 0 Å². The number of ether oxygens (including phenoxy) is 2. The molecule has 6 heteroatoms. The molecule has 0 aromatic heterocycles. The number of nitrogens with zero attached hydrogens (tertiary/aromatic N) is 1. The molecule has 1 amide bonds. The summed E-state index contributed by atoms with van der Waals surface area (Å²) in [6.07, 6.45) is 1.51. The number of hydrazone groups is 1. The lowest BCUT2D eigenvalue weighted by atomic mass is 10.2. The van der Waals surface area contributed by atoms with Gasteiger partial charge in [-0.15, -0.1) is 0 Å². The molecule has 2 rings (SSSR count). The van der Waals surface area contributed by atoms with E-state index in [1.165, 1.54) is 6.21 Å². The van der Waals surface area contributed by atoms with Crippen molar-refractivity contribution in [3.63, 3.8) is 0 Å². The number of methoxy groups -OCH3 is 2. The normalized spacial score (nSPS) is 10.5. The van der Waals surface area contributed by atoms with E-state index in [2.05, 4.69) is 26.5 Å². The van der Waals surface area contributed by atoms with Crippen LogP contribution in [0.25, 0.3) is 0 Å². The molecule has 0 radical (unpaired) electrons. The lowest BCUT2D eigenvalue weighted by Crippen LogP contribution is -2.17. The lowest BCUT2D eigenvalue weighted by Gasteiger charge is -2.06. The zero-order valence-corrected chi connectivity index (χ0v) is 13.8. The van der Waals surface area contributed by atoms with Crippen LogP contribution in [0.5, 0.6) is 11.5 Å². The van der Waals surface area contributed by atoms with E-state index in [-0.39, 0.29) is 5.91 Å². The lowest BCUT2D eigenvalue weighted by molar-refractivity contribution is 0.0955. The third-order valence-corrected chi connectivity index (χ3v) is 3.39. The van der Waals surface area contributed by atoms with Crippen molar-refractivity contribution in [1.82, 2.24) is 5.43 Å². The smallest absolute Gasteiger partial charge is 0.271 e. The van der Waals surface area contributed by atoms with E-state index >= 15 is 0 Å². The number of amides is 1. The average molecular weight is 363 g/mol. The maximum atomic E-state index is 12.0. The molecule has 0 fully saturated rings. The van der Waals surface area contributed by atoms with Crippen LogP contribution in [0.2, 0.25) is 0 Å². The van der Waals surface area contributed by atoms with E-state index in [9.17, 15) is 4.79 Å². The summed E-state index contributed by atoms with van der Waals surface area (Å²) in [5.41, 5.74) is 3.70. The Hall–Kier alpha value is -2.34. The Labute approximate surface area is 137 Å². The summed E-state index contributed by atoms with van der Waals surface area (Å²) in [5.74, 6) is 1.03. The standard InChI is InChI=1S/C16H15BrN2O3/c1-21-14-6-7-15(22-2)12(9-14)10-18-19-16(20)11-4-3-5-13(17)8-11/h3-10H,1-2H3,(H,19,20)/b18-10+. The second-order valence-corrected chi connectivity index (χ2v) is 5.23. The Morgan fingerprint density at radius 1 is 1.18 bits per heavy atom. The predicted molar refractivity (Wildman–Crippen MR) is 88.7 cm³/mol. The van der Waals surface area contributed by atoms with E-state index < -0.39 is 0 Å². The fourth-order valence-corrected chi connectivity index (χ4v) is 2.19. The van der Waals surface area contributed by atoms with Crippen LogP contribution in [0.3, 0.4) is 0 Å². The minimum absolute atomic E-state index is 0.292. The van der Waals surface area contributed by atoms with E-state index in [4.69, 9.17) is 9.47 Å². The number of carbonyl (C=O) groups is 1. The van der Waals surface area contributed by atoms with Crippen LogP contribution in [0.4, 0.5) is 0 Å². The number of benzene rings is 2. The van der Waals surface area contributed by atoms with Gasteiger partial charge in [0.15, 0.2) is 0 Å². The summed E-state index contributed by atoms with van der Waals surface area (Å²) >= 11 is 3.32. The molecule has 0 heterocycles. The van der Waals surface area contributed by atoms with Crippen molar-refractivity contribution in [3.8, 4) is 11.5 Å². The van der Waals surface area contributed by atoms with Crippen LogP contribution in [0.15, 0.2) is 52.0 Å². The fourth-order valence-electron chi connectivity index (χ4n) is 1.80. The summed E-state index contributed by atoms with van der Waals surface area (Å²) in [4.78, 5) is 12.0. The summed E-state index contributed by atoms with van der Waals surface area (Å²) in [6.45, 7) is 0. The van der Waals surface area contributed by atoms with Gasteiger partial charge in [0.1, 0.15) is 11.5 Å². The van der Waals surface area contributed by atoms with Crippen molar-refractivity contribution >= 4 is 28.1 Å². The van der Waals surface area contributed by atoms with Gasteiger partial charge in [-0.2, -0.15) is 5.10 Å². The third kappa shape index (κ3) is 4.08. The highest BCUT2D eigenvalue weighted by Crippen LogP contribution is 2.22. The van der Waals surface area contributed by atoms with Gasteiger partial charge < -0.3 is 9.47 Å². The second-order valence-electron chi connectivity index (χ2n) is 4.32. The van der Waals surface area contributed by atoms with Crippen LogP contribution in [-0.4, -0.2) is 26.3 Å². The zero-order valence-electron chi connectivity index (χ0n) is 12.2. The topological polar surface area (TPSA) is 59.9 Å². The van der Waals surface area contributed by atoms with Crippen molar-refractivity contribution < 1.29 is 14.3 Å². The maximum absolute atomic E-state index is 12.0. The van der Waals surface area contributed by atoms with Gasteiger partial charge in [-0.25, -0.2) is 5.43 Å². The molecule has 22 heavy (non-hydrogen) atoms. The Morgan fingerprint density at radius 3 is 2.68 bits per heavy atom. The van der Waals surface area contributed by atoms with Crippen molar-refractivity contribution in [3.05, 3.63) is 58.1 Å². The van der Waals surface area contributed by atoms with Gasteiger partial charge in [0.2, 0.25) is 0 Å². The van der Waals surface area contributed by atoms with E-state index in [0.29, 0.717) is 22.6 Å². The predicted octanol–water partition coefficient (Wildman–Crippen LogP) is 3.23. The van der Waals surface area contributed by atoms with Crippen molar-refractivity contribution in [2.45, 2.75) is 0 Å². The largest absolute Gasteiger partial charge is 0.497 e. The number of carbonyl (C=O) groups excluding carboxylic acids is 1. The number of halogens is 1. The molecule has 2 aromatic carbocycles. The summed E-state index contributed by atoms with van der Waals surface area (Å²) < 4.78 is 11.2. The van der Waals surface area contributed by atoms with Crippen LogP contribution >= 0.6 is 15.9 Å². The Bertz CT molecular complexity index is 702. The molecule has 0 atom stereocenters. The summed E-state index contributed by atoms with van der Waals surface area (Å²) in [5, 5.41) is 3.96. The molecular weight excluding hydrogens is 348 g/mol. The highest BCUT2D eigenvalue weighted by Gasteiger charge is 2.05. The molecule has 2 aromatic rings. The maximum Gasteiger partial charge on any atom is 0.271 e. The fraction of sp³-hybridized carbons (Fsp3) is 0.125. The van der Waals surface area contributed by atoms with E-state index in [1.54, 1.807) is 50.6 Å². The first kappa shape index (κ1) is 16.0. The molecule has 0 unspecified atom stereocenters. The number of hydrogen-bond acceptors (Lipinski definition) is 4. The van der Waals surface area contributed by atoms with Crippen LogP contribution in [0, 0.1) is 0 Å². The van der Waals surface area contributed by atoms with Crippen molar-refractivity contribution in [2.75, 3.05) is 14.2 Å². The van der Waals surface area contributed by atoms with Crippen molar-refractivity contribution in [1.29, 1.82) is 0 Å². The van der Waals surface area contributed by atoms with Gasteiger partial charge in [-0.1, -0.05) is 22.0 Å². The van der Waals surface area contributed by atoms with E-state index in [1.807, 2.05) is 6.07 Å². The number of hydrogen-bond donors (Lipinski definition) is 1. The Morgan fingerprint density at radius 2 is 2.00 bits per heavy atom. The summed E-state index contributed by atoms with van der Waals surface area (Å²) in [7, 11) is 3.15. The molecule has 0 aliphatic carbocycles. The molecule has 0 saturated carbocycles. The molecule has 0 aliphatic heterocycles. The molecule has 114 valence electrons. The highest BCUT2D eigenvalue weighted by atomic mass is 79.9. The van der Waals surface area contributed by atoms with Crippen LogP contribution in [0.1, 0.15) is 15.9 Å². The summed E-state index contributed by atoms with van der Waals surface area (Å²) in [6, 6.07) is 12.4. The Kier molecular flexibility index (Phi) is 5.55. The first-order chi connectivity index (χ1) is 10.6. The molecule has 1 N–H and O–H groups in total. The van der Waals surface area contributed by atoms with Gasteiger partial charge in [0.05, 0.1) is 20.4 Å². The highest BCUT2D eigenvalue weighted by molar-refractivity contribution is 9.10. The quantitative estimate of drug-likeness (QED) is 0.656. The molecular formula is C16H15BrN2O3. The second kappa shape index (κ2) is 7.61. The molecule has 5 nitrogen and oxygen atoms in total. The van der Waals surface area contributed by atoms with Crippen LogP contribution in [-0.2, 0) is 0 Å². The van der Waals surface area contributed by atoms with Gasteiger partial charge in [-0.05, 0) is 36.4 Å². The number of rotatable bonds is 5. The molecule has 0 aliphatic rings. The molecule has 0 spiro atoms. The minimum atomic E-state index is -0.292. The van der Waals surface area contributed by atoms with Gasteiger partial charge in [-0.3, -0.25) is 4.79 Å². The SMILES string of the molecule is COc1ccc(OC)c(/C=N/NC(=O)c2cccc(Br)c2)c1. The van der Waals surface area contributed by atoms with Crippen molar-refractivity contribution in [2.24, 2.45) is 5.10 Å².